The average Bonchev–Trinajstić information content (AvgIpc) is 2.91. The summed E-state index contributed by atoms with van der Waals surface area (Å²) in [5.74, 6) is 0.491. The number of methoxy groups -OCH3 is 1. The first-order valence-electron chi connectivity index (χ1n) is 7.17. The van der Waals surface area contributed by atoms with E-state index in [9.17, 15) is 13.2 Å². The Morgan fingerprint density at radius 2 is 2.17 bits per heavy atom. The molecule has 23 heavy (non-hydrogen) atoms. The lowest BCUT2D eigenvalue weighted by molar-refractivity contribution is -0.136. The number of hydrogen-bond acceptors (Lipinski definition) is 6. The fourth-order valence-electron chi connectivity index (χ4n) is 2.35. The third kappa shape index (κ3) is 4.69. The van der Waals surface area contributed by atoms with Crippen LogP contribution in [0, 0.1) is 0 Å². The number of rotatable bonds is 6. The summed E-state index contributed by atoms with van der Waals surface area (Å²) < 4.78 is 28.1. The third-order valence-corrected chi connectivity index (χ3v) is 5.49. The Balaban J connectivity index is 1.84. The molecule has 1 atom stereocenters. The van der Waals surface area contributed by atoms with Crippen molar-refractivity contribution in [2.24, 2.45) is 5.16 Å². The Morgan fingerprint density at radius 1 is 1.43 bits per heavy atom. The van der Waals surface area contributed by atoms with Gasteiger partial charge in [-0.1, -0.05) is 17.3 Å². The second kappa shape index (κ2) is 7.45. The number of likely N-dealkylation sites (N-methyl/N-ethyl adjacent to an activating group) is 1. The van der Waals surface area contributed by atoms with E-state index in [0.29, 0.717) is 12.2 Å². The molecule has 0 aromatic heterocycles. The highest BCUT2D eigenvalue weighted by Gasteiger charge is 2.32. The van der Waals surface area contributed by atoms with E-state index in [0.717, 1.165) is 5.56 Å². The van der Waals surface area contributed by atoms with Crippen LogP contribution in [0.3, 0.4) is 0 Å². The van der Waals surface area contributed by atoms with E-state index < -0.39 is 9.84 Å². The van der Waals surface area contributed by atoms with Crippen LogP contribution in [0.15, 0.2) is 29.4 Å². The third-order valence-electron chi connectivity index (χ3n) is 3.74. The summed E-state index contributed by atoms with van der Waals surface area (Å²) >= 11 is 0. The van der Waals surface area contributed by atoms with Crippen LogP contribution in [0.4, 0.5) is 0 Å². The standard InChI is InChI=1S/C15H20N2O5S/c1-17(13-7-8-23(19,20)11-13)15(18)10-22-16-9-12-5-3-4-6-14(12)21-2/h3-6,9,13H,7-8,10-11H2,1-2H3/b16-9-/t13-/m1/s1. The number of amides is 1. The van der Waals surface area contributed by atoms with E-state index in [1.165, 1.54) is 11.1 Å². The van der Waals surface area contributed by atoms with Gasteiger partial charge in [-0.2, -0.15) is 0 Å². The number of carbonyl (C=O) groups excluding carboxylic acids is 1. The molecule has 1 aromatic rings. The van der Waals surface area contributed by atoms with E-state index in [1.54, 1.807) is 20.2 Å². The Bertz CT molecular complexity index is 687. The van der Waals surface area contributed by atoms with Crippen LogP contribution in [0.1, 0.15) is 12.0 Å². The van der Waals surface area contributed by atoms with Gasteiger partial charge in [0.05, 0.1) is 24.8 Å². The van der Waals surface area contributed by atoms with Crippen LogP contribution in [-0.4, -0.2) is 63.8 Å². The Hall–Kier alpha value is -2.09. The number of benzene rings is 1. The molecular weight excluding hydrogens is 320 g/mol. The van der Waals surface area contributed by atoms with E-state index >= 15 is 0 Å². The molecule has 8 heteroatoms. The molecule has 0 spiro atoms. The van der Waals surface area contributed by atoms with Crippen molar-refractivity contribution in [3.8, 4) is 5.75 Å². The first kappa shape index (κ1) is 17.3. The first-order chi connectivity index (χ1) is 10.9. The maximum atomic E-state index is 12.0. The molecule has 1 fully saturated rings. The fourth-order valence-corrected chi connectivity index (χ4v) is 4.12. The largest absolute Gasteiger partial charge is 0.496 e. The Kier molecular flexibility index (Phi) is 5.59. The van der Waals surface area contributed by atoms with Gasteiger partial charge in [0, 0.05) is 18.7 Å². The van der Waals surface area contributed by atoms with E-state index in [2.05, 4.69) is 5.16 Å². The minimum absolute atomic E-state index is 0.0136. The number of sulfone groups is 1. The monoisotopic (exact) mass is 340 g/mol. The summed E-state index contributed by atoms with van der Waals surface area (Å²) in [6.45, 7) is -0.237. The van der Waals surface area contributed by atoms with Gasteiger partial charge in [-0.3, -0.25) is 4.79 Å². The summed E-state index contributed by atoms with van der Waals surface area (Å²) in [5.41, 5.74) is 0.734. The minimum atomic E-state index is -3.02. The fraction of sp³-hybridized carbons (Fsp3) is 0.467. The normalized spacial score (nSPS) is 19.7. The maximum Gasteiger partial charge on any atom is 0.263 e. The Morgan fingerprint density at radius 3 is 2.83 bits per heavy atom. The number of nitrogens with zero attached hydrogens (tertiary/aromatic N) is 2. The number of para-hydroxylation sites is 1. The summed E-state index contributed by atoms with van der Waals surface area (Å²) in [6.07, 6.45) is 1.93. The summed E-state index contributed by atoms with van der Waals surface area (Å²) in [5, 5.41) is 3.76. The number of carbonyl (C=O) groups is 1. The summed E-state index contributed by atoms with van der Waals surface area (Å²) in [6, 6.07) is 6.99. The van der Waals surface area contributed by atoms with Crippen molar-refractivity contribution in [2.45, 2.75) is 12.5 Å². The van der Waals surface area contributed by atoms with Gasteiger partial charge in [-0.05, 0) is 18.6 Å². The highest BCUT2D eigenvalue weighted by atomic mass is 32.2. The second-order valence-corrected chi connectivity index (χ2v) is 7.54. The predicted molar refractivity (Wildman–Crippen MR) is 86.4 cm³/mol. The van der Waals surface area contributed by atoms with Gasteiger partial charge >= 0.3 is 0 Å². The van der Waals surface area contributed by atoms with Gasteiger partial charge in [0.25, 0.3) is 5.91 Å². The zero-order valence-electron chi connectivity index (χ0n) is 13.1. The van der Waals surface area contributed by atoms with E-state index in [-0.39, 0.29) is 30.1 Å². The SMILES string of the molecule is COc1ccccc1/C=N\OCC(=O)N(C)[C@@H]1CCS(=O)(=O)C1. The van der Waals surface area contributed by atoms with Crippen LogP contribution in [0.2, 0.25) is 0 Å². The van der Waals surface area contributed by atoms with Crippen molar-refractivity contribution in [2.75, 3.05) is 32.3 Å². The molecule has 1 amide bonds. The molecule has 1 aliphatic rings. The van der Waals surface area contributed by atoms with E-state index in [4.69, 9.17) is 9.57 Å². The van der Waals surface area contributed by atoms with Crippen LogP contribution in [0.5, 0.6) is 5.75 Å². The lowest BCUT2D eigenvalue weighted by Crippen LogP contribution is -2.39. The molecule has 1 aliphatic heterocycles. The Labute approximate surface area is 135 Å². The van der Waals surface area contributed by atoms with Gasteiger partial charge < -0.3 is 14.5 Å². The van der Waals surface area contributed by atoms with Gasteiger partial charge in [0.1, 0.15) is 5.75 Å². The van der Waals surface area contributed by atoms with Gasteiger partial charge in [0.15, 0.2) is 16.4 Å². The molecule has 0 bridgehead atoms. The highest BCUT2D eigenvalue weighted by molar-refractivity contribution is 7.91. The van der Waals surface area contributed by atoms with Gasteiger partial charge in [0.2, 0.25) is 0 Å². The molecule has 2 rings (SSSR count). The zero-order valence-corrected chi connectivity index (χ0v) is 14.0. The average molecular weight is 340 g/mol. The smallest absolute Gasteiger partial charge is 0.263 e. The quantitative estimate of drug-likeness (QED) is 0.562. The number of oxime groups is 1. The topological polar surface area (TPSA) is 85.3 Å². The molecule has 1 aromatic carbocycles. The van der Waals surface area contributed by atoms with Crippen molar-refractivity contribution in [1.29, 1.82) is 0 Å². The second-order valence-electron chi connectivity index (χ2n) is 5.31. The lowest BCUT2D eigenvalue weighted by atomic mass is 10.2. The van der Waals surface area contributed by atoms with Gasteiger partial charge in [-0.25, -0.2) is 8.42 Å². The van der Waals surface area contributed by atoms with Crippen molar-refractivity contribution < 1.29 is 22.8 Å². The minimum Gasteiger partial charge on any atom is -0.496 e. The lowest BCUT2D eigenvalue weighted by Gasteiger charge is -2.22. The van der Waals surface area contributed by atoms with Crippen molar-refractivity contribution >= 4 is 22.0 Å². The number of ether oxygens (including phenoxy) is 1. The van der Waals surface area contributed by atoms with Gasteiger partial charge in [-0.15, -0.1) is 0 Å². The molecule has 0 unspecified atom stereocenters. The van der Waals surface area contributed by atoms with Crippen molar-refractivity contribution in [3.05, 3.63) is 29.8 Å². The number of hydrogen-bond donors (Lipinski definition) is 0. The maximum absolute atomic E-state index is 12.0. The molecule has 1 heterocycles. The van der Waals surface area contributed by atoms with Crippen LogP contribution < -0.4 is 4.74 Å². The van der Waals surface area contributed by atoms with Crippen LogP contribution in [-0.2, 0) is 19.5 Å². The molecule has 0 saturated carbocycles. The molecule has 1 saturated heterocycles. The summed E-state index contributed by atoms with van der Waals surface area (Å²) in [4.78, 5) is 18.4. The molecule has 0 aliphatic carbocycles. The van der Waals surface area contributed by atoms with Crippen molar-refractivity contribution in [3.63, 3.8) is 0 Å². The molecule has 0 N–H and O–H groups in total. The van der Waals surface area contributed by atoms with E-state index in [1.807, 2.05) is 18.2 Å². The van der Waals surface area contributed by atoms with Crippen molar-refractivity contribution in [1.82, 2.24) is 4.90 Å². The predicted octanol–water partition coefficient (Wildman–Crippen LogP) is 0.691. The molecule has 126 valence electrons. The molecular formula is C15H20N2O5S. The first-order valence-corrected chi connectivity index (χ1v) is 8.99. The molecule has 7 nitrogen and oxygen atoms in total. The highest BCUT2D eigenvalue weighted by Crippen LogP contribution is 2.17. The van der Waals surface area contributed by atoms with Crippen LogP contribution >= 0.6 is 0 Å². The van der Waals surface area contributed by atoms with Crippen LogP contribution in [0.25, 0.3) is 0 Å². The zero-order chi connectivity index (χ0) is 16.9. The summed E-state index contributed by atoms with van der Waals surface area (Å²) in [7, 11) is 0.121. The molecule has 0 radical (unpaired) electrons.